The Bertz CT molecular complexity index is 968. The Labute approximate surface area is 169 Å². The van der Waals surface area contributed by atoms with E-state index in [-0.39, 0.29) is 6.03 Å². The van der Waals surface area contributed by atoms with Crippen LogP contribution in [-0.2, 0) is 16.0 Å². The monoisotopic (exact) mass is 393 g/mol. The van der Waals surface area contributed by atoms with Crippen molar-refractivity contribution < 1.29 is 19.1 Å². The summed E-state index contributed by atoms with van der Waals surface area (Å²) in [5.41, 5.74) is 4.12. The third kappa shape index (κ3) is 3.63. The summed E-state index contributed by atoms with van der Waals surface area (Å²) in [6, 6.07) is 14.5. The first-order valence-electron chi connectivity index (χ1n) is 9.46. The summed E-state index contributed by atoms with van der Waals surface area (Å²) in [5.74, 6) is 0.229. The maximum atomic E-state index is 12.7. The number of para-hydroxylation sites is 1. The summed E-state index contributed by atoms with van der Waals surface area (Å²) in [6.45, 7) is 1.25. The van der Waals surface area contributed by atoms with E-state index in [2.05, 4.69) is 27.7 Å². The molecule has 29 heavy (non-hydrogen) atoms. The number of benzene rings is 2. The van der Waals surface area contributed by atoms with Crippen LogP contribution in [0.25, 0.3) is 0 Å². The van der Waals surface area contributed by atoms with Crippen LogP contribution < -0.4 is 20.3 Å². The van der Waals surface area contributed by atoms with Gasteiger partial charge in [-0.2, -0.15) is 0 Å². The van der Waals surface area contributed by atoms with E-state index in [0.29, 0.717) is 23.6 Å². The second-order valence-electron chi connectivity index (χ2n) is 6.99. The molecule has 0 radical (unpaired) electrons. The van der Waals surface area contributed by atoms with Crippen LogP contribution in [0.3, 0.4) is 0 Å². The number of rotatable bonds is 5. The topological polar surface area (TPSA) is 79.9 Å². The molecule has 2 aromatic rings. The number of esters is 1. The highest BCUT2D eigenvalue weighted by atomic mass is 16.5. The van der Waals surface area contributed by atoms with Gasteiger partial charge in [-0.15, -0.1) is 0 Å². The van der Waals surface area contributed by atoms with Crippen LogP contribution in [0.5, 0.6) is 5.75 Å². The van der Waals surface area contributed by atoms with Gasteiger partial charge in [0, 0.05) is 12.2 Å². The Balaban J connectivity index is 1.72. The number of fused-ring (bicyclic) bond motifs is 1. The van der Waals surface area contributed by atoms with E-state index in [4.69, 9.17) is 9.47 Å². The molecular formula is C22H23N3O4. The molecule has 2 aliphatic rings. The fraction of sp³-hybridized carbons (Fsp3) is 0.273. The van der Waals surface area contributed by atoms with Gasteiger partial charge in [0.2, 0.25) is 0 Å². The van der Waals surface area contributed by atoms with Crippen molar-refractivity contribution in [1.82, 2.24) is 10.6 Å². The summed E-state index contributed by atoms with van der Waals surface area (Å²) >= 11 is 0. The molecule has 2 aromatic carbocycles. The minimum absolute atomic E-state index is 0.346. The normalized spacial score (nSPS) is 18.1. The summed E-state index contributed by atoms with van der Waals surface area (Å²) < 4.78 is 10.3. The van der Waals surface area contributed by atoms with Gasteiger partial charge in [0.05, 0.1) is 38.1 Å². The number of nitrogens with zero attached hydrogens (tertiary/aromatic N) is 1. The number of hydrogen-bond donors (Lipinski definition) is 2. The lowest BCUT2D eigenvalue weighted by molar-refractivity contribution is -0.136. The van der Waals surface area contributed by atoms with Crippen molar-refractivity contribution in [3.05, 3.63) is 70.9 Å². The van der Waals surface area contributed by atoms with Crippen molar-refractivity contribution >= 4 is 17.7 Å². The lowest BCUT2D eigenvalue weighted by Crippen LogP contribution is -2.48. The van der Waals surface area contributed by atoms with Gasteiger partial charge in [-0.25, -0.2) is 9.59 Å². The molecule has 2 amide bonds. The molecule has 0 bridgehead atoms. The molecule has 0 aromatic heterocycles. The van der Waals surface area contributed by atoms with Crippen molar-refractivity contribution in [1.29, 1.82) is 0 Å². The zero-order valence-corrected chi connectivity index (χ0v) is 16.4. The van der Waals surface area contributed by atoms with Crippen LogP contribution in [0.2, 0.25) is 0 Å². The molecular weight excluding hydrogens is 370 g/mol. The summed E-state index contributed by atoms with van der Waals surface area (Å²) in [7, 11) is 2.94. The molecule has 0 unspecified atom stereocenters. The Kier molecular flexibility index (Phi) is 5.12. The Hall–Kier alpha value is -3.48. The van der Waals surface area contributed by atoms with Crippen LogP contribution in [0.4, 0.5) is 10.5 Å². The van der Waals surface area contributed by atoms with Crippen LogP contribution in [0.15, 0.2) is 59.8 Å². The van der Waals surface area contributed by atoms with E-state index >= 15 is 0 Å². The highest BCUT2D eigenvalue weighted by Gasteiger charge is 2.34. The van der Waals surface area contributed by atoms with Crippen molar-refractivity contribution in [3.63, 3.8) is 0 Å². The van der Waals surface area contributed by atoms with Gasteiger partial charge in [-0.05, 0) is 35.7 Å². The highest BCUT2D eigenvalue weighted by Crippen LogP contribution is 2.32. The van der Waals surface area contributed by atoms with E-state index in [1.807, 2.05) is 24.3 Å². The second-order valence-corrected chi connectivity index (χ2v) is 6.99. The van der Waals surface area contributed by atoms with Crippen LogP contribution in [0.1, 0.15) is 17.2 Å². The SMILES string of the molecule is COC(=O)C1=C(CN2CCc3ccccc32)NC(=O)N[C@@H]1c1ccc(OC)cc1. The Morgan fingerprint density at radius 3 is 2.62 bits per heavy atom. The minimum Gasteiger partial charge on any atom is -0.497 e. The number of methoxy groups -OCH3 is 2. The predicted molar refractivity (Wildman–Crippen MR) is 109 cm³/mol. The van der Waals surface area contributed by atoms with Crippen LogP contribution in [0, 0.1) is 0 Å². The summed E-state index contributed by atoms with van der Waals surface area (Å²) in [5, 5.41) is 5.67. The first-order chi connectivity index (χ1) is 14.1. The van der Waals surface area contributed by atoms with Crippen molar-refractivity contribution in [3.8, 4) is 5.75 Å². The van der Waals surface area contributed by atoms with Gasteiger partial charge in [0.15, 0.2) is 0 Å². The van der Waals surface area contributed by atoms with Gasteiger partial charge in [0.25, 0.3) is 0 Å². The molecule has 7 nitrogen and oxygen atoms in total. The number of hydrogen-bond acceptors (Lipinski definition) is 5. The third-order valence-corrected chi connectivity index (χ3v) is 5.34. The predicted octanol–water partition coefficient (Wildman–Crippen LogP) is 2.54. The van der Waals surface area contributed by atoms with E-state index in [1.165, 1.54) is 12.7 Å². The minimum atomic E-state index is -0.602. The maximum Gasteiger partial charge on any atom is 0.338 e. The van der Waals surface area contributed by atoms with Crippen LogP contribution >= 0.6 is 0 Å². The molecule has 2 aliphatic heterocycles. The van der Waals surface area contributed by atoms with E-state index in [0.717, 1.165) is 24.2 Å². The smallest absolute Gasteiger partial charge is 0.338 e. The van der Waals surface area contributed by atoms with Crippen molar-refractivity contribution in [2.24, 2.45) is 0 Å². The third-order valence-electron chi connectivity index (χ3n) is 5.34. The summed E-state index contributed by atoms with van der Waals surface area (Å²) in [4.78, 5) is 27.3. The quantitative estimate of drug-likeness (QED) is 0.763. The number of ether oxygens (including phenoxy) is 2. The molecule has 0 spiro atoms. The molecule has 150 valence electrons. The first-order valence-corrected chi connectivity index (χ1v) is 9.46. The Morgan fingerprint density at radius 2 is 1.90 bits per heavy atom. The molecule has 2 heterocycles. The van der Waals surface area contributed by atoms with Gasteiger partial charge < -0.3 is 25.0 Å². The molecule has 0 aliphatic carbocycles. The molecule has 4 rings (SSSR count). The number of carbonyl (C=O) groups excluding carboxylic acids is 2. The largest absolute Gasteiger partial charge is 0.497 e. The number of carbonyl (C=O) groups is 2. The fourth-order valence-corrected chi connectivity index (χ4v) is 3.90. The van der Waals surface area contributed by atoms with Gasteiger partial charge in [-0.1, -0.05) is 30.3 Å². The fourth-order valence-electron chi connectivity index (χ4n) is 3.90. The van der Waals surface area contributed by atoms with Gasteiger partial charge in [-0.3, -0.25) is 0 Å². The molecule has 0 saturated carbocycles. The van der Waals surface area contributed by atoms with Crippen molar-refractivity contribution in [2.45, 2.75) is 12.5 Å². The first kappa shape index (κ1) is 18.9. The van der Waals surface area contributed by atoms with Crippen molar-refractivity contribution in [2.75, 3.05) is 32.2 Å². The number of amides is 2. The molecule has 7 heteroatoms. The molecule has 0 fully saturated rings. The van der Waals surface area contributed by atoms with E-state index in [9.17, 15) is 9.59 Å². The van der Waals surface area contributed by atoms with Crippen LogP contribution in [-0.4, -0.2) is 39.3 Å². The van der Waals surface area contributed by atoms with Gasteiger partial charge >= 0.3 is 12.0 Å². The zero-order valence-electron chi connectivity index (χ0n) is 16.4. The van der Waals surface area contributed by atoms with E-state index < -0.39 is 12.0 Å². The standard InChI is InChI=1S/C22H23N3O4/c1-28-16-9-7-15(8-10-16)20-19(21(26)29-2)17(23-22(27)24-20)13-25-12-11-14-5-3-4-6-18(14)25/h3-10,20H,11-13H2,1-2H3,(H2,23,24,27)/t20-/m1/s1. The van der Waals surface area contributed by atoms with Gasteiger partial charge in [0.1, 0.15) is 5.75 Å². The number of anilines is 1. The average Bonchev–Trinajstić information content (AvgIpc) is 3.16. The lowest BCUT2D eigenvalue weighted by atomic mass is 9.95. The molecule has 0 saturated heterocycles. The number of nitrogens with one attached hydrogen (secondary N) is 2. The second kappa shape index (κ2) is 7.87. The van der Waals surface area contributed by atoms with E-state index in [1.54, 1.807) is 19.2 Å². The molecule has 2 N–H and O–H groups in total. The maximum absolute atomic E-state index is 12.7. The summed E-state index contributed by atoms with van der Waals surface area (Å²) in [6.07, 6.45) is 0.936. The Morgan fingerprint density at radius 1 is 1.14 bits per heavy atom. The number of urea groups is 1. The molecule has 1 atom stereocenters. The lowest BCUT2D eigenvalue weighted by Gasteiger charge is -2.31. The average molecular weight is 393 g/mol. The zero-order chi connectivity index (χ0) is 20.4. The highest BCUT2D eigenvalue weighted by molar-refractivity contribution is 5.95.